The van der Waals surface area contributed by atoms with E-state index in [1.54, 1.807) is 10.7 Å². The van der Waals surface area contributed by atoms with Crippen molar-refractivity contribution in [2.24, 2.45) is 0 Å². The van der Waals surface area contributed by atoms with Gasteiger partial charge in [-0.15, -0.1) is 0 Å². The summed E-state index contributed by atoms with van der Waals surface area (Å²) < 4.78 is 7.18. The molecule has 0 bridgehead atoms. The molecule has 4 heterocycles. The highest BCUT2D eigenvalue weighted by Crippen LogP contribution is 2.30. The standard InChI is InChI=1S/C17H21N5O4/c23-11-13-15(12-2-5-21(6-3-12)17(24)25)22-16(19-13)14(1-4-18-22)20-7-9-26-10-8-20/h1-2,4,23H,3,5-11H2,(H,24,25). The van der Waals surface area contributed by atoms with Crippen molar-refractivity contribution in [2.75, 3.05) is 44.3 Å². The van der Waals surface area contributed by atoms with Crippen molar-refractivity contribution >= 4 is 23.0 Å². The van der Waals surface area contributed by atoms with Gasteiger partial charge in [0.25, 0.3) is 0 Å². The van der Waals surface area contributed by atoms with Crippen molar-refractivity contribution in [1.29, 1.82) is 0 Å². The molecule has 1 saturated heterocycles. The first kappa shape index (κ1) is 16.8. The van der Waals surface area contributed by atoms with Crippen molar-refractivity contribution in [1.82, 2.24) is 19.5 Å². The fourth-order valence-corrected chi connectivity index (χ4v) is 3.52. The number of carboxylic acid groups (broad SMARTS) is 1. The second-order valence-corrected chi connectivity index (χ2v) is 6.32. The topological polar surface area (TPSA) is 103 Å². The number of imidazole rings is 1. The van der Waals surface area contributed by atoms with Crippen LogP contribution in [0.15, 0.2) is 18.3 Å². The van der Waals surface area contributed by atoms with Crippen LogP contribution < -0.4 is 4.90 Å². The van der Waals surface area contributed by atoms with Gasteiger partial charge in [0.15, 0.2) is 5.65 Å². The maximum absolute atomic E-state index is 11.1. The number of aliphatic hydroxyl groups is 1. The van der Waals surface area contributed by atoms with Gasteiger partial charge >= 0.3 is 6.09 Å². The van der Waals surface area contributed by atoms with Gasteiger partial charge in [-0.25, -0.2) is 14.3 Å². The summed E-state index contributed by atoms with van der Waals surface area (Å²) in [6.45, 7) is 3.46. The molecule has 26 heavy (non-hydrogen) atoms. The molecule has 0 saturated carbocycles. The second kappa shape index (κ2) is 6.93. The normalized spacial score (nSPS) is 18.3. The van der Waals surface area contributed by atoms with Gasteiger partial charge in [0, 0.05) is 26.2 Å². The molecule has 9 heteroatoms. The number of morpholine rings is 1. The van der Waals surface area contributed by atoms with Crippen molar-refractivity contribution < 1.29 is 19.7 Å². The minimum Gasteiger partial charge on any atom is -0.465 e. The van der Waals surface area contributed by atoms with E-state index in [1.165, 1.54) is 4.90 Å². The van der Waals surface area contributed by atoms with Gasteiger partial charge in [0.1, 0.15) is 0 Å². The van der Waals surface area contributed by atoms with Gasteiger partial charge < -0.3 is 24.7 Å². The van der Waals surface area contributed by atoms with E-state index in [0.717, 1.165) is 30.0 Å². The molecular formula is C17H21N5O4. The molecule has 2 aliphatic heterocycles. The molecule has 0 spiro atoms. The smallest absolute Gasteiger partial charge is 0.407 e. The fraction of sp³-hybridized carbons (Fsp3) is 0.471. The molecule has 2 aliphatic rings. The summed E-state index contributed by atoms with van der Waals surface area (Å²) in [6, 6.07) is 1.93. The number of nitrogens with zero attached hydrogens (tertiary/aromatic N) is 5. The van der Waals surface area contributed by atoms with E-state index in [4.69, 9.17) is 9.84 Å². The molecule has 0 aromatic carbocycles. The predicted molar refractivity (Wildman–Crippen MR) is 94.1 cm³/mol. The van der Waals surface area contributed by atoms with Crippen molar-refractivity contribution in [2.45, 2.75) is 13.0 Å². The van der Waals surface area contributed by atoms with E-state index < -0.39 is 6.09 Å². The lowest BCUT2D eigenvalue weighted by atomic mass is 10.0. The average molecular weight is 359 g/mol. The Hall–Kier alpha value is -2.65. The largest absolute Gasteiger partial charge is 0.465 e. The molecule has 0 atom stereocenters. The van der Waals surface area contributed by atoms with Gasteiger partial charge in [-0.3, -0.25) is 0 Å². The molecule has 2 aromatic heterocycles. The van der Waals surface area contributed by atoms with Crippen LogP contribution in [0.2, 0.25) is 0 Å². The minimum absolute atomic E-state index is 0.193. The lowest BCUT2D eigenvalue weighted by Gasteiger charge is -2.28. The number of carbonyl (C=O) groups is 1. The van der Waals surface area contributed by atoms with E-state index in [2.05, 4.69) is 15.0 Å². The SMILES string of the molecule is O=C(O)N1CC=C(c2c(CO)nc3c(N4CCOCC4)ccnn23)CC1. The van der Waals surface area contributed by atoms with Gasteiger partial charge in [-0.05, 0) is 18.1 Å². The number of rotatable bonds is 3. The summed E-state index contributed by atoms with van der Waals surface area (Å²) >= 11 is 0. The summed E-state index contributed by atoms with van der Waals surface area (Å²) in [4.78, 5) is 19.3. The number of hydrogen-bond acceptors (Lipinski definition) is 6. The highest BCUT2D eigenvalue weighted by molar-refractivity contribution is 5.76. The number of hydrogen-bond donors (Lipinski definition) is 2. The molecule has 0 radical (unpaired) electrons. The predicted octanol–water partition coefficient (Wildman–Crippen LogP) is 0.825. The first-order valence-corrected chi connectivity index (χ1v) is 8.66. The van der Waals surface area contributed by atoms with Crippen LogP contribution >= 0.6 is 0 Å². The maximum Gasteiger partial charge on any atom is 0.407 e. The third-order valence-electron chi connectivity index (χ3n) is 4.86. The third-order valence-corrected chi connectivity index (χ3v) is 4.86. The second-order valence-electron chi connectivity index (χ2n) is 6.32. The summed E-state index contributed by atoms with van der Waals surface area (Å²) in [5.41, 5.74) is 3.96. The summed E-state index contributed by atoms with van der Waals surface area (Å²) in [5.74, 6) is 0. The lowest BCUT2D eigenvalue weighted by molar-refractivity contribution is 0.123. The summed E-state index contributed by atoms with van der Waals surface area (Å²) in [7, 11) is 0. The highest BCUT2D eigenvalue weighted by Gasteiger charge is 2.24. The van der Waals surface area contributed by atoms with Crippen LogP contribution in [0, 0.1) is 0 Å². The first-order chi connectivity index (χ1) is 12.7. The minimum atomic E-state index is -0.923. The van der Waals surface area contributed by atoms with Crippen molar-refractivity contribution in [3.63, 3.8) is 0 Å². The Labute approximate surface area is 150 Å². The van der Waals surface area contributed by atoms with E-state index >= 15 is 0 Å². The van der Waals surface area contributed by atoms with Crippen LogP contribution in [0.25, 0.3) is 11.2 Å². The number of aliphatic hydroxyl groups excluding tert-OH is 1. The molecule has 1 fully saturated rings. The van der Waals surface area contributed by atoms with Crippen LogP contribution in [0.1, 0.15) is 17.8 Å². The number of aromatic nitrogens is 3. The quantitative estimate of drug-likeness (QED) is 0.836. The highest BCUT2D eigenvalue weighted by atomic mass is 16.5. The lowest BCUT2D eigenvalue weighted by Crippen LogP contribution is -2.36. The Morgan fingerprint density at radius 1 is 1.27 bits per heavy atom. The van der Waals surface area contributed by atoms with Gasteiger partial charge in [0.05, 0.1) is 43.1 Å². The molecular weight excluding hydrogens is 338 g/mol. The zero-order chi connectivity index (χ0) is 18.1. The Morgan fingerprint density at radius 3 is 2.73 bits per heavy atom. The Bertz CT molecular complexity index is 856. The summed E-state index contributed by atoms with van der Waals surface area (Å²) in [5, 5.41) is 23.4. The summed E-state index contributed by atoms with van der Waals surface area (Å²) in [6.07, 6.45) is 3.25. The molecule has 0 unspecified atom stereocenters. The van der Waals surface area contributed by atoms with Crippen LogP contribution in [-0.4, -0.2) is 75.2 Å². The zero-order valence-corrected chi connectivity index (χ0v) is 14.3. The van der Waals surface area contributed by atoms with E-state index in [0.29, 0.717) is 44.1 Å². The van der Waals surface area contributed by atoms with Crippen LogP contribution in [0.5, 0.6) is 0 Å². The number of anilines is 1. The Morgan fingerprint density at radius 2 is 2.08 bits per heavy atom. The van der Waals surface area contributed by atoms with E-state index in [1.807, 2.05) is 12.1 Å². The molecule has 1 amide bonds. The van der Waals surface area contributed by atoms with Crippen molar-refractivity contribution in [3.8, 4) is 0 Å². The molecule has 2 aromatic rings. The number of ether oxygens (including phenoxy) is 1. The van der Waals surface area contributed by atoms with Gasteiger partial charge in [-0.1, -0.05) is 6.08 Å². The van der Waals surface area contributed by atoms with Crippen LogP contribution in [0.4, 0.5) is 10.5 Å². The van der Waals surface area contributed by atoms with Gasteiger partial charge in [-0.2, -0.15) is 5.10 Å². The average Bonchev–Trinajstić information content (AvgIpc) is 3.07. The molecule has 4 rings (SSSR count). The third kappa shape index (κ3) is 2.89. The molecule has 138 valence electrons. The van der Waals surface area contributed by atoms with Crippen molar-refractivity contribution in [3.05, 3.63) is 29.7 Å². The molecule has 2 N–H and O–H groups in total. The maximum atomic E-state index is 11.1. The van der Waals surface area contributed by atoms with E-state index in [-0.39, 0.29) is 6.61 Å². The van der Waals surface area contributed by atoms with Crippen LogP contribution in [-0.2, 0) is 11.3 Å². The Kier molecular flexibility index (Phi) is 4.48. The zero-order valence-electron chi connectivity index (χ0n) is 14.3. The number of fused-ring (bicyclic) bond motifs is 1. The van der Waals surface area contributed by atoms with Gasteiger partial charge in [0.2, 0.25) is 0 Å². The van der Waals surface area contributed by atoms with E-state index in [9.17, 15) is 9.90 Å². The fourth-order valence-electron chi connectivity index (χ4n) is 3.52. The number of amides is 1. The monoisotopic (exact) mass is 359 g/mol. The van der Waals surface area contributed by atoms with Crippen LogP contribution in [0.3, 0.4) is 0 Å². The molecule has 0 aliphatic carbocycles. The Balaban J connectivity index is 1.76. The molecule has 9 nitrogen and oxygen atoms in total. The first-order valence-electron chi connectivity index (χ1n) is 8.66.